The summed E-state index contributed by atoms with van der Waals surface area (Å²) >= 11 is 0. The van der Waals surface area contributed by atoms with Gasteiger partial charge in [-0.15, -0.1) is 0 Å². The fourth-order valence-electron chi connectivity index (χ4n) is 4.42. The molecule has 0 aliphatic carbocycles. The summed E-state index contributed by atoms with van der Waals surface area (Å²) in [5, 5.41) is 2.92. The van der Waals surface area contributed by atoms with Gasteiger partial charge in [0.1, 0.15) is 12.4 Å². The van der Waals surface area contributed by atoms with Crippen molar-refractivity contribution < 1.29 is 14.0 Å². The minimum atomic E-state index is -0.546. The number of aryl methyl sites for hydroxylation is 1. The van der Waals surface area contributed by atoms with Crippen LogP contribution in [0.2, 0.25) is 0 Å². The summed E-state index contributed by atoms with van der Waals surface area (Å²) in [6.45, 7) is 1.85. The summed E-state index contributed by atoms with van der Waals surface area (Å²) in [5.74, 6) is -0.896. The summed E-state index contributed by atoms with van der Waals surface area (Å²) in [6.07, 6.45) is 0. The molecule has 0 spiro atoms. The average Bonchev–Trinajstić information content (AvgIpc) is 3.00. The van der Waals surface area contributed by atoms with Crippen molar-refractivity contribution in [1.29, 1.82) is 0 Å². The highest BCUT2D eigenvalue weighted by Crippen LogP contribution is 2.37. The van der Waals surface area contributed by atoms with Crippen LogP contribution in [0.25, 0.3) is 11.1 Å². The van der Waals surface area contributed by atoms with E-state index < -0.39 is 6.04 Å². The Labute approximate surface area is 197 Å². The summed E-state index contributed by atoms with van der Waals surface area (Å²) in [5.41, 5.74) is 5.73. The van der Waals surface area contributed by atoms with Crippen molar-refractivity contribution in [1.82, 2.24) is 4.90 Å². The van der Waals surface area contributed by atoms with Gasteiger partial charge in [-0.25, -0.2) is 4.39 Å². The van der Waals surface area contributed by atoms with Gasteiger partial charge < -0.3 is 10.2 Å². The maximum atomic E-state index is 13.8. The summed E-state index contributed by atoms with van der Waals surface area (Å²) in [4.78, 5) is 28.1. The van der Waals surface area contributed by atoms with Crippen molar-refractivity contribution in [2.24, 2.45) is 0 Å². The smallest absolute Gasteiger partial charge is 0.255 e. The van der Waals surface area contributed by atoms with E-state index in [-0.39, 0.29) is 24.2 Å². The molecule has 1 unspecified atom stereocenters. The molecular weight excluding hydrogens is 427 g/mol. The molecule has 1 aliphatic rings. The third kappa shape index (κ3) is 4.20. The highest BCUT2D eigenvalue weighted by Gasteiger charge is 2.34. The van der Waals surface area contributed by atoms with Crippen LogP contribution in [0.15, 0.2) is 97.1 Å². The zero-order valence-electron chi connectivity index (χ0n) is 18.7. The number of carbonyl (C=O) groups is 2. The molecule has 168 valence electrons. The molecule has 34 heavy (non-hydrogen) atoms. The molecule has 0 saturated heterocycles. The van der Waals surface area contributed by atoms with Crippen molar-refractivity contribution >= 4 is 17.5 Å². The van der Waals surface area contributed by atoms with Gasteiger partial charge in [-0.1, -0.05) is 72.3 Å². The van der Waals surface area contributed by atoms with E-state index in [1.54, 1.807) is 29.2 Å². The quantitative estimate of drug-likeness (QED) is 0.417. The number of carbonyl (C=O) groups excluding carboxylic acids is 2. The molecule has 0 fully saturated rings. The normalized spacial score (nSPS) is 15.3. The van der Waals surface area contributed by atoms with E-state index in [0.717, 1.165) is 27.8 Å². The van der Waals surface area contributed by atoms with Gasteiger partial charge >= 0.3 is 0 Å². The first-order chi connectivity index (χ1) is 16.5. The molecule has 1 heterocycles. The first-order valence-electron chi connectivity index (χ1n) is 11.1. The number of fused-ring (bicyclic) bond motifs is 1. The van der Waals surface area contributed by atoms with Crippen LogP contribution in [0.5, 0.6) is 0 Å². The number of anilines is 1. The van der Waals surface area contributed by atoms with E-state index in [4.69, 9.17) is 0 Å². The lowest BCUT2D eigenvalue weighted by Crippen LogP contribution is -2.39. The fourth-order valence-corrected chi connectivity index (χ4v) is 4.42. The topological polar surface area (TPSA) is 49.4 Å². The second-order valence-corrected chi connectivity index (χ2v) is 8.47. The number of rotatable bonds is 3. The van der Waals surface area contributed by atoms with Gasteiger partial charge in [0.2, 0.25) is 5.91 Å². The lowest BCUT2D eigenvalue weighted by atomic mass is 9.94. The molecule has 2 amide bonds. The Morgan fingerprint density at radius 3 is 2.26 bits per heavy atom. The molecule has 1 atom stereocenters. The van der Waals surface area contributed by atoms with E-state index in [1.807, 2.05) is 67.6 Å². The molecule has 4 aromatic rings. The number of halogens is 1. The Bertz CT molecular complexity index is 1350. The van der Waals surface area contributed by atoms with Crippen molar-refractivity contribution in [2.45, 2.75) is 13.0 Å². The zero-order chi connectivity index (χ0) is 23.7. The maximum absolute atomic E-state index is 13.8. The molecule has 0 radical (unpaired) electrons. The number of hydrogen-bond acceptors (Lipinski definition) is 2. The van der Waals surface area contributed by atoms with E-state index in [9.17, 15) is 14.0 Å². The Morgan fingerprint density at radius 2 is 1.56 bits per heavy atom. The first-order valence-corrected chi connectivity index (χ1v) is 11.1. The van der Waals surface area contributed by atoms with Crippen molar-refractivity contribution in [2.75, 3.05) is 11.9 Å². The van der Waals surface area contributed by atoms with Crippen molar-refractivity contribution in [3.05, 3.63) is 125 Å². The van der Waals surface area contributed by atoms with Gasteiger partial charge in [0, 0.05) is 16.8 Å². The average molecular weight is 451 g/mol. The SMILES string of the molecule is Cc1ccc2c(c1)C(c1ccc(F)cc1)N(C(=O)c1ccc(-c3ccccc3)cc1)CC(=O)N2. The second kappa shape index (κ2) is 8.94. The Kier molecular flexibility index (Phi) is 5.68. The standard InChI is InChI=1S/C29H23FN2O2/c1-19-7-16-26-25(17-19)28(22-12-14-24(30)15-13-22)32(18-27(33)31-26)29(34)23-10-8-21(9-11-23)20-5-3-2-4-6-20/h2-17,28H,18H2,1H3,(H,31,33). The van der Waals surface area contributed by atoms with Gasteiger partial charge in [-0.2, -0.15) is 0 Å². The van der Waals surface area contributed by atoms with E-state index >= 15 is 0 Å². The highest BCUT2D eigenvalue weighted by atomic mass is 19.1. The summed E-state index contributed by atoms with van der Waals surface area (Å²) < 4.78 is 13.7. The van der Waals surface area contributed by atoms with Crippen LogP contribution in [0.1, 0.15) is 33.1 Å². The molecule has 0 bridgehead atoms. The van der Waals surface area contributed by atoms with E-state index in [0.29, 0.717) is 11.3 Å². The molecular formula is C29H23FN2O2. The van der Waals surface area contributed by atoms with Gasteiger partial charge in [0.25, 0.3) is 5.91 Å². The van der Waals surface area contributed by atoms with Gasteiger partial charge in [-0.3, -0.25) is 9.59 Å². The van der Waals surface area contributed by atoms with E-state index in [1.165, 1.54) is 12.1 Å². The van der Waals surface area contributed by atoms with Crippen molar-refractivity contribution in [3.8, 4) is 11.1 Å². The second-order valence-electron chi connectivity index (χ2n) is 8.47. The van der Waals surface area contributed by atoms with E-state index in [2.05, 4.69) is 5.32 Å². The highest BCUT2D eigenvalue weighted by molar-refractivity contribution is 6.01. The van der Waals surface area contributed by atoms with Crippen LogP contribution < -0.4 is 5.32 Å². The molecule has 5 heteroatoms. The monoisotopic (exact) mass is 450 g/mol. The molecule has 4 aromatic carbocycles. The van der Waals surface area contributed by atoms with Crippen LogP contribution in [-0.2, 0) is 4.79 Å². The van der Waals surface area contributed by atoms with Crippen LogP contribution >= 0.6 is 0 Å². The van der Waals surface area contributed by atoms with Gasteiger partial charge in [0.05, 0.1) is 6.04 Å². The Hall–Kier alpha value is -4.25. The zero-order valence-corrected chi connectivity index (χ0v) is 18.7. The van der Waals surface area contributed by atoms with Crippen LogP contribution in [0, 0.1) is 12.7 Å². The summed E-state index contributed by atoms with van der Waals surface area (Å²) in [7, 11) is 0. The van der Waals surface area contributed by atoms with Crippen LogP contribution in [-0.4, -0.2) is 23.3 Å². The minimum absolute atomic E-state index is 0.116. The largest absolute Gasteiger partial charge is 0.324 e. The lowest BCUT2D eigenvalue weighted by molar-refractivity contribution is -0.117. The Balaban J connectivity index is 1.58. The van der Waals surface area contributed by atoms with Crippen LogP contribution in [0.4, 0.5) is 10.1 Å². The molecule has 1 N–H and O–H groups in total. The molecule has 4 nitrogen and oxygen atoms in total. The number of nitrogens with zero attached hydrogens (tertiary/aromatic N) is 1. The molecule has 0 saturated carbocycles. The predicted molar refractivity (Wildman–Crippen MR) is 131 cm³/mol. The number of nitrogens with one attached hydrogen (secondary N) is 1. The third-order valence-corrected chi connectivity index (χ3v) is 6.09. The number of benzene rings is 4. The predicted octanol–water partition coefficient (Wildman–Crippen LogP) is 5.99. The first kappa shape index (κ1) is 21.6. The van der Waals surface area contributed by atoms with Gasteiger partial charge in [-0.05, 0) is 53.9 Å². The van der Waals surface area contributed by atoms with Gasteiger partial charge in [0.15, 0.2) is 0 Å². The minimum Gasteiger partial charge on any atom is -0.324 e. The van der Waals surface area contributed by atoms with Crippen molar-refractivity contribution in [3.63, 3.8) is 0 Å². The summed E-state index contributed by atoms with van der Waals surface area (Å²) in [6, 6.07) is 28.6. The fraction of sp³-hybridized carbons (Fsp3) is 0.103. The van der Waals surface area contributed by atoms with Crippen LogP contribution in [0.3, 0.4) is 0 Å². The number of amides is 2. The maximum Gasteiger partial charge on any atom is 0.255 e. The third-order valence-electron chi connectivity index (χ3n) is 6.09. The molecule has 5 rings (SSSR count). The lowest BCUT2D eigenvalue weighted by Gasteiger charge is -2.31. The number of hydrogen-bond donors (Lipinski definition) is 1. The molecule has 0 aromatic heterocycles. The Morgan fingerprint density at radius 1 is 0.882 bits per heavy atom. The molecule has 1 aliphatic heterocycles.